The molecule has 0 unspecified atom stereocenters. The van der Waals surface area contributed by atoms with E-state index in [9.17, 15) is 4.79 Å². The minimum atomic E-state index is -0.177. The molecule has 0 saturated heterocycles. The molecule has 1 aromatic heterocycles. The fourth-order valence-electron chi connectivity index (χ4n) is 2.49. The lowest BCUT2D eigenvalue weighted by molar-refractivity contribution is -0.116. The summed E-state index contributed by atoms with van der Waals surface area (Å²) in [5.41, 5.74) is 0.846. The molecule has 0 aliphatic rings. The third-order valence-corrected chi connectivity index (χ3v) is 3.76. The molecule has 8 heteroatoms. The van der Waals surface area contributed by atoms with Crippen molar-refractivity contribution in [3.05, 3.63) is 41.7 Å². The molecule has 3 N–H and O–H groups in total. The van der Waals surface area contributed by atoms with E-state index in [4.69, 9.17) is 9.47 Å². The van der Waals surface area contributed by atoms with Gasteiger partial charge in [0.1, 0.15) is 17.5 Å². The van der Waals surface area contributed by atoms with Gasteiger partial charge in [0.25, 0.3) is 0 Å². The van der Waals surface area contributed by atoms with E-state index in [1.807, 2.05) is 32.0 Å². The summed E-state index contributed by atoms with van der Waals surface area (Å²) in [6.07, 6.45) is 3.21. The third kappa shape index (κ3) is 6.46. The molecule has 0 fully saturated rings. The summed E-state index contributed by atoms with van der Waals surface area (Å²) in [4.78, 5) is 20.6. The van der Waals surface area contributed by atoms with Gasteiger partial charge in [-0.2, -0.15) is 0 Å². The van der Waals surface area contributed by atoms with Gasteiger partial charge in [-0.3, -0.25) is 4.79 Å². The fraction of sp³-hybridized carbons (Fsp3) is 0.350. The van der Waals surface area contributed by atoms with Crippen molar-refractivity contribution in [2.24, 2.45) is 0 Å². The van der Waals surface area contributed by atoms with E-state index < -0.39 is 0 Å². The van der Waals surface area contributed by atoms with Crippen LogP contribution >= 0.6 is 0 Å². The van der Waals surface area contributed by atoms with Gasteiger partial charge in [0, 0.05) is 31.8 Å². The molecule has 1 aromatic carbocycles. The zero-order valence-electron chi connectivity index (χ0n) is 16.7. The van der Waals surface area contributed by atoms with Gasteiger partial charge in [-0.15, -0.1) is 0 Å². The van der Waals surface area contributed by atoms with Crippen LogP contribution in [-0.2, 0) is 4.79 Å². The first-order valence-corrected chi connectivity index (χ1v) is 9.07. The smallest absolute Gasteiger partial charge is 0.244 e. The van der Waals surface area contributed by atoms with Crippen LogP contribution in [0.25, 0.3) is 6.08 Å². The first-order chi connectivity index (χ1) is 13.5. The van der Waals surface area contributed by atoms with Crippen LogP contribution in [0.3, 0.4) is 0 Å². The lowest BCUT2D eigenvalue weighted by Gasteiger charge is -2.09. The summed E-state index contributed by atoms with van der Waals surface area (Å²) in [6.45, 7) is 5.66. The largest absolute Gasteiger partial charge is 0.493 e. The van der Waals surface area contributed by atoms with Crippen LogP contribution < -0.4 is 25.4 Å². The summed E-state index contributed by atoms with van der Waals surface area (Å²) in [6, 6.07) is 7.30. The van der Waals surface area contributed by atoms with Crippen LogP contribution in [0.15, 0.2) is 30.3 Å². The number of methoxy groups -OCH3 is 2. The molecule has 0 bridgehead atoms. The second-order valence-corrected chi connectivity index (χ2v) is 5.88. The summed E-state index contributed by atoms with van der Waals surface area (Å²) in [5, 5.41) is 9.16. The predicted octanol–water partition coefficient (Wildman–Crippen LogP) is 2.48. The number of carbonyl (C=O) groups is 1. The Balaban J connectivity index is 1.81. The highest BCUT2D eigenvalue weighted by Gasteiger charge is 2.04. The maximum Gasteiger partial charge on any atom is 0.244 e. The minimum Gasteiger partial charge on any atom is -0.493 e. The number of benzene rings is 1. The molecule has 2 rings (SSSR count). The number of anilines is 2. The van der Waals surface area contributed by atoms with Crippen molar-refractivity contribution in [1.29, 1.82) is 0 Å². The first kappa shape index (κ1) is 21.0. The van der Waals surface area contributed by atoms with Crippen molar-refractivity contribution < 1.29 is 14.3 Å². The molecule has 1 amide bonds. The second kappa shape index (κ2) is 10.8. The molecule has 0 aliphatic heterocycles. The Morgan fingerprint density at radius 1 is 1.04 bits per heavy atom. The number of carbonyl (C=O) groups excluding carboxylic acids is 1. The highest BCUT2D eigenvalue weighted by Crippen LogP contribution is 2.27. The average molecular weight is 385 g/mol. The van der Waals surface area contributed by atoms with Gasteiger partial charge in [-0.25, -0.2) is 9.97 Å². The zero-order chi connectivity index (χ0) is 20.4. The first-order valence-electron chi connectivity index (χ1n) is 9.07. The number of rotatable bonds is 10. The van der Waals surface area contributed by atoms with Crippen molar-refractivity contribution in [2.45, 2.75) is 13.8 Å². The average Bonchev–Trinajstić information content (AvgIpc) is 2.69. The SMILES string of the molecule is CCNc1cc(NCCNC(=O)/C=C/c2ccc(OC)c(OC)c2)nc(C)n1. The predicted molar refractivity (Wildman–Crippen MR) is 111 cm³/mol. The number of nitrogens with zero attached hydrogens (tertiary/aromatic N) is 2. The molecule has 28 heavy (non-hydrogen) atoms. The maximum absolute atomic E-state index is 12.0. The van der Waals surface area contributed by atoms with E-state index in [1.54, 1.807) is 26.4 Å². The van der Waals surface area contributed by atoms with Gasteiger partial charge in [0.05, 0.1) is 14.2 Å². The number of hydrogen-bond donors (Lipinski definition) is 3. The van der Waals surface area contributed by atoms with Crippen LogP contribution in [0, 0.1) is 6.92 Å². The minimum absolute atomic E-state index is 0.177. The molecule has 0 saturated carbocycles. The number of amides is 1. The van der Waals surface area contributed by atoms with E-state index in [1.165, 1.54) is 6.08 Å². The van der Waals surface area contributed by atoms with Crippen LogP contribution in [0.4, 0.5) is 11.6 Å². The topological polar surface area (TPSA) is 97.4 Å². The van der Waals surface area contributed by atoms with Crippen molar-refractivity contribution in [1.82, 2.24) is 15.3 Å². The molecular formula is C20H27N5O3. The normalized spacial score (nSPS) is 10.6. The Morgan fingerprint density at radius 3 is 2.43 bits per heavy atom. The van der Waals surface area contributed by atoms with E-state index in [2.05, 4.69) is 25.9 Å². The highest BCUT2D eigenvalue weighted by atomic mass is 16.5. The van der Waals surface area contributed by atoms with Crippen molar-refractivity contribution in [2.75, 3.05) is 44.5 Å². The van der Waals surface area contributed by atoms with Crippen LogP contribution in [0.1, 0.15) is 18.3 Å². The Labute approximate surface area is 165 Å². The van der Waals surface area contributed by atoms with E-state index in [-0.39, 0.29) is 5.91 Å². The number of aromatic nitrogens is 2. The van der Waals surface area contributed by atoms with Gasteiger partial charge in [0.15, 0.2) is 11.5 Å². The summed E-state index contributed by atoms with van der Waals surface area (Å²) < 4.78 is 10.5. The number of hydrogen-bond acceptors (Lipinski definition) is 7. The second-order valence-electron chi connectivity index (χ2n) is 5.88. The zero-order valence-corrected chi connectivity index (χ0v) is 16.7. The third-order valence-electron chi connectivity index (χ3n) is 3.76. The molecular weight excluding hydrogens is 358 g/mol. The lowest BCUT2D eigenvalue weighted by atomic mass is 10.2. The summed E-state index contributed by atoms with van der Waals surface area (Å²) in [7, 11) is 3.16. The van der Waals surface area contributed by atoms with Crippen molar-refractivity contribution in [3.8, 4) is 11.5 Å². The maximum atomic E-state index is 12.0. The molecule has 2 aromatic rings. The number of nitrogens with one attached hydrogen (secondary N) is 3. The standard InChI is InChI=1S/C20H27N5O3/c1-5-21-18-13-19(25-14(2)24-18)22-10-11-23-20(26)9-7-15-6-8-16(27-3)17(12-15)28-4/h6-9,12-13H,5,10-11H2,1-4H3,(H,23,26)(H2,21,22,24,25)/b9-7+. The number of aryl methyl sites for hydroxylation is 1. The molecule has 150 valence electrons. The Kier molecular flexibility index (Phi) is 8.08. The van der Waals surface area contributed by atoms with E-state index >= 15 is 0 Å². The monoisotopic (exact) mass is 385 g/mol. The van der Waals surface area contributed by atoms with Gasteiger partial charge in [-0.05, 0) is 37.6 Å². The van der Waals surface area contributed by atoms with Gasteiger partial charge in [-0.1, -0.05) is 6.07 Å². The molecule has 1 heterocycles. The fourth-order valence-corrected chi connectivity index (χ4v) is 2.49. The molecule has 0 radical (unpaired) electrons. The summed E-state index contributed by atoms with van der Waals surface area (Å²) in [5.74, 6) is 3.27. The van der Waals surface area contributed by atoms with Crippen LogP contribution in [0.5, 0.6) is 11.5 Å². The van der Waals surface area contributed by atoms with Crippen LogP contribution in [-0.4, -0.2) is 49.7 Å². The van der Waals surface area contributed by atoms with Crippen molar-refractivity contribution in [3.63, 3.8) is 0 Å². The Hall–Kier alpha value is -3.29. The highest BCUT2D eigenvalue weighted by molar-refractivity contribution is 5.91. The van der Waals surface area contributed by atoms with Crippen LogP contribution in [0.2, 0.25) is 0 Å². The lowest BCUT2D eigenvalue weighted by Crippen LogP contribution is -2.27. The van der Waals surface area contributed by atoms with Gasteiger partial charge in [0.2, 0.25) is 5.91 Å². The Bertz CT molecular complexity index is 823. The van der Waals surface area contributed by atoms with E-state index in [0.717, 1.165) is 23.7 Å². The summed E-state index contributed by atoms with van der Waals surface area (Å²) >= 11 is 0. The molecule has 8 nitrogen and oxygen atoms in total. The number of ether oxygens (including phenoxy) is 2. The van der Waals surface area contributed by atoms with Crippen molar-refractivity contribution >= 4 is 23.6 Å². The van der Waals surface area contributed by atoms with Gasteiger partial charge < -0.3 is 25.4 Å². The molecule has 0 atom stereocenters. The van der Waals surface area contributed by atoms with E-state index in [0.29, 0.717) is 30.4 Å². The quantitative estimate of drug-likeness (QED) is 0.427. The van der Waals surface area contributed by atoms with Gasteiger partial charge >= 0.3 is 0 Å². The Morgan fingerprint density at radius 2 is 1.75 bits per heavy atom. The molecule has 0 spiro atoms. The molecule has 0 aliphatic carbocycles.